The van der Waals surface area contributed by atoms with Crippen molar-refractivity contribution < 1.29 is 23.4 Å². The van der Waals surface area contributed by atoms with E-state index in [0.717, 1.165) is 5.56 Å². The second-order valence-electron chi connectivity index (χ2n) is 5.84. The van der Waals surface area contributed by atoms with Gasteiger partial charge in [-0.1, -0.05) is 12.1 Å². The number of nitrogens with one attached hydrogen (secondary N) is 1. The summed E-state index contributed by atoms with van der Waals surface area (Å²) in [7, 11) is 4.74. The molecule has 1 amide bonds. The molecule has 0 spiro atoms. The molecular weight excluding hydrogens is 362 g/mol. The number of methoxy groups -OCH3 is 3. The fourth-order valence-corrected chi connectivity index (χ4v) is 2.62. The first kappa shape index (κ1) is 19.2. The van der Waals surface area contributed by atoms with E-state index in [1.807, 2.05) is 24.3 Å². The van der Waals surface area contributed by atoms with E-state index in [9.17, 15) is 4.79 Å². The summed E-state index contributed by atoms with van der Waals surface area (Å²) in [6, 6.07) is 12.8. The molecule has 8 heteroatoms. The second-order valence-corrected chi connectivity index (χ2v) is 5.84. The maximum Gasteiger partial charge on any atom is 0.308 e. The summed E-state index contributed by atoms with van der Waals surface area (Å²) in [5.41, 5.74) is 1.68. The van der Waals surface area contributed by atoms with E-state index >= 15 is 0 Å². The van der Waals surface area contributed by atoms with E-state index < -0.39 is 5.91 Å². The first-order valence-corrected chi connectivity index (χ1v) is 8.61. The van der Waals surface area contributed by atoms with Gasteiger partial charge in [0.05, 0.1) is 21.3 Å². The average Bonchev–Trinajstić information content (AvgIpc) is 3.24. The lowest BCUT2D eigenvalue weighted by atomic mass is 10.1. The summed E-state index contributed by atoms with van der Waals surface area (Å²) >= 11 is 0. The van der Waals surface area contributed by atoms with Crippen LogP contribution in [-0.2, 0) is 6.42 Å². The summed E-state index contributed by atoms with van der Waals surface area (Å²) in [5, 5.41) is 10.5. The first-order chi connectivity index (χ1) is 13.6. The molecule has 3 rings (SSSR count). The van der Waals surface area contributed by atoms with Crippen molar-refractivity contribution in [2.45, 2.75) is 6.42 Å². The molecular formula is C20H21N3O5. The van der Waals surface area contributed by atoms with Crippen LogP contribution in [0.4, 0.5) is 0 Å². The van der Waals surface area contributed by atoms with Crippen LogP contribution in [0.15, 0.2) is 46.9 Å². The molecule has 1 aromatic heterocycles. The number of nitrogens with zero attached hydrogens (tertiary/aromatic N) is 2. The van der Waals surface area contributed by atoms with Crippen molar-refractivity contribution in [3.05, 3.63) is 53.9 Å². The van der Waals surface area contributed by atoms with Crippen LogP contribution >= 0.6 is 0 Å². The van der Waals surface area contributed by atoms with Gasteiger partial charge in [-0.3, -0.25) is 4.79 Å². The van der Waals surface area contributed by atoms with Gasteiger partial charge >= 0.3 is 11.8 Å². The SMILES string of the molecule is COc1cccc(-c2nnc(C(=O)NCCc3ccc(OC)c(OC)c3)o2)c1. The number of amides is 1. The zero-order valence-electron chi connectivity index (χ0n) is 15.9. The smallest absolute Gasteiger partial charge is 0.308 e. The van der Waals surface area contributed by atoms with Gasteiger partial charge < -0.3 is 23.9 Å². The van der Waals surface area contributed by atoms with Gasteiger partial charge in [0.25, 0.3) is 0 Å². The molecule has 0 fully saturated rings. The topological polar surface area (TPSA) is 95.7 Å². The molecule has 2 aromatic carbocycles. The minimum absolute atomic E-state index is 0.0925. The number of ether oxygens (including phenoxy) is 3. The Balaban J connectivity index is 1.59. The molecule has 0 aliphatic carbocycles. The van der Waals surface area contributed by atoms with Gasteiger partial charge in [-0.15, -0.1) is 10.2 Å². The van der Waals surface area contributed by atoms with E-state index in [0.29, 0.717) is 35.8 Å². The second kappa shape index (κ2) is 8.90. The quantitative estimate of drug-likeness (QED) is 0.639. The number of carbonyl (C=O) groups is 1. The van der Waals surface area contributed by atoms with Crippen LogP contribution in [0.5, 0.6) is 17.2 Å². The molecule has 28 heavy (non-hydrogen) atoms. The largest absolute Gasteiger partial charge is 0.497 e. The highest BCUT2D eigenvalue weighted by molar-refractivity contribution is 5.89. The number of rotatable bonds is 8. The maximum atomic E-state index is 12.2. The predicted octanol–water partition coefficient (Wildman–Crippen LogP) is 2.73. The monoisotopic (exact) mass is 383 g/mol. The van der Waals surface area contributed by atoms with Gasteiger partial charge in [0.1, 0.15) is 5.75 Å². The van der Waals surface area contributed by atoms with Crippen LogP contribution in [-0.4, -0.2) is 44.0 Å². The van der Waals surface area contributed by atoms with Crippen molar-refractivity contribution in [3.8, 4) is 28.7 Å². The molecule has 0 saturated heterocycles. The Morgan fingerprint density at radius 1 is 1.00 bits per heavy atom. The molecule has 1 N–H and O–H groups in total. The summed E-state index contributed by atoms with van der Waals surface area (Å²) in [4.78, 5) is 12.2. The third-order valence-corrected chi connectivity index (χ3v) is 4.08. The molecule has 1 heterocycles. The highest BCUT2D eigenvalue weighted by Crippen LogP contribution is 2.27. The Morgan fingerprint density at radius 2 is 1.82 bits per heavy atom. The van der Waals surface area contributed by atoms with Crippen LogP contribution in [0.2, 0.25) is 0 Å². The lowest BCUT2D eigenvalue weighted by Crippen LogP contribution is -2.26. The van der Waals surface area contributed by atoms with Crippen molar-refractivity contribution in [2.75, 3.05) is 27.9 Å². The highest BCUT2D eigenvalue weighted by atomic mass is 16.5. The molecule has 0 bridgehead atoms. The van der Waals surface area contributed by atoms with E-state index in [1.54, 1.807) is 39.5 Å². The number of carbonyl (C=O) groups excluding carboxylic acids is 1. The zero-order chi connectivity index (χ0) is 19.9. The fourth-order valence-electron chi connectivity index (χ4n) is 2.62. The Morgan fingerprint density at radius 3 is 2.57 bits per heavy atom. The van der Waals surface area contributed by atoms with E-state index in [1.165, 1.54) is 0 Å². The lowest BCUT2D eigenvalue weighted by molar-refractivity contribution is 0.0920. The Bertz CT molecular complexity index is 955. The molecule has 0 saturated carbocycles. The number of hydrogen-bond acceptors (Lipinski definition) is 7. The van der Waals surface area contributed by atoms with Gasteiger partial charge in [-0.2, -0.15) is 0 Å². The van der Waals surface area contributed by atoms with Crippen molar-refractivity contribution in [1.82, 2.24) is 15.5 Å². The van der Waals surface area contributed by atoms with E-state index in [4.69, 9.17) is 18.6 Å². The molecule has 0 aliphatic rings. The number of aromatic nitrogens is 2. The third kappa shape index (κ3) is 4.40. The highest BCUT2D eigenvalue weighted by Gasteiger charge is 2.16. The van der Waals surface area contributed by atoms with Crippen LogP contribution in [0, 0.1) is 0 Å². The lowest BCUT2D eigenvalue weighted by Gasteiger charge is -2.09. The molecule has 0 unspecified atom stereocenters. The summed E-state index contributed by atoms with van der Waals surface area (Å²) in [6.45, 7) is 0.408. The molecule has 146 valence electrons. The third-order valence-electron chi connectivity index (χ3n) is 4.08. The summed E-state index contributed by atoms with van der Waals surface area (Å²) in [5.74, 6) is 1.70. The maximum absolute atomic E-state index is 12.2. The van der Waals surface area contributed by atoms with Crippen LogP contribution < -0.4 is 19.5 Å². The van der Waals surface area contributed by atoms with E-state index in [-0.39, 0.29) is 11.8 Å². The minimum atomic E-state index is -0.429. The first-order valence-electron chi connectivity index (χ1n) is 8.61. The van der Waals surface area contributed by atoms with Gasteiger partial charge in [0.15, 0.2) is 11.5 Å². The van der Waals surface area contributed by atoms with Crippen LogP contribution in [0.3, 0.4) is 0 Å². The average molecular weight is 383 g/mol. The van der Waals surface area contributed by atoms with E-state index in [2.05, 4.69) is 15.5 Å². The summed E-state index contributed by atoms with van der Waals surface area (Å²) in [6.07, 6.45) is 0.614. The predicted molar refractivity (Wildman–Crippen MR) is 102 cm³/mol. The zero-order valence-corrected chi connectivity index (χ0v) is 15.9. The minimum Gasteiger partial charge on any atom is -0.497 e. The molecule has 8 nitrogen and oxygen atoms in total. The van der Waals surface area contributed by atoms with Crippen molar-refractivity contribution in [1.29, 1.82) is 0 Å². The van der Waals surface area contributed by atoms with Gasteiger partial charge in [-0.25, -0.2) is 0 Å². The molecule has 0 radical (unpaired) electrons. The number of benzene rings is 2. The standard InChI is InChI=1S/C20H21N3O5/c1-25-15-6-4-5-14(12-15)19-22-23-20(28-19)18(24)21-10-9-13-7-8-16(26-2)17(11-13)27-3/h4-8,11-12H,9-10H2,1-3H3,(H,21,24). The van der Waals surface area contributed by atoms with Gasteiger partial charge in [0, 0.05) is 12.1 Å². The normalized spacial score (nSPS) is 10.4. The molecule has 0 aliphatic heterocycles. The Hall–Kier alpha value is -3.55. The van der Waals surface area contributed by atoms with Crippen molar-refractivity contribution >= 4 is 5.91 Å². The summed E-state index contributed by atoms with van der Waals surface area (Å²) < 4.78 is 21.1. The Kier molecular flexibility index (Phi) is 6.11. The van der Waals surface area contributed by atoms with Gasteiger partial charge in [-0.05, 0) is 42.3 Å². The van der Waals surface area contributed by atoms with Gasteiger partial charge in [0.2, 0.25) is 5.89 Å². The van der Waals surface area contributed by atoms with Crippen molar-refractivity contribution in [2.24, 2.45) is 0 Å². The molecule has 0 atom stereocenters. The van der Waals surface area contributed by atoms with Crippen LogP contribution in [0.1, 0.15) is 16.2 Å². The fraction of sp³-hybridized carbons (Fsp3) is 0.250. The number of hydrogen-bond donors (Lipinski definition) is 1. The van der Waals surface area contributed by atoms with Crippen molar-refractivity contribution in [3.63, 3.8) is 0 Å². The molecule has 3 aromatic rings. The van der Waals surface area contributed by atoms with Crippen LogP contribution in [0.25, 0.3) is 11.5 Å². The Labute approximate surface area is 162 Å².